The van der Waals surface area contributed by atoms with Gasteiger partial charge in [0.1, 0.15) is 0 Å². The van der Waals surface area contributed by atoms with Crippen LogP contribution in [0.3, 0.4) is 0 Å². The molecule has 1 unspecified atom stereocenters. The van der Waals surface area contributed by atoms with Crippen LogP contribution in [0.2, 0.25) is 0 Å². The predicted octanol–water partition coefficient (Wildman–Crippen LogP) is 2.15. The number of likely N-dealkylation sites (tertiary alicyclic amines) is 1. The van der Waals surface area contributed by atoms with Gasteiger partial charge in [-0.3, -0.25) is 4.79 Å². The molecule has 1 aliphatic heterocycles. The average Bonchev–Trinajstić information content (AvgIpc) is 3.23. The van der Waals surface area contributed by atoms with E-state index in [1.807, 2.05) is 50.8 Å². The smallest absolute Gasteiger partial charge is 0.253 e. The zero-order valence-corrected chi connectivity index (χ0v) is 16.0. The van der Waals surface area contributed by atoms with Crippen LogP contribution in [-0.2, 0) is 6.54 Å². The number of benzene rings is 1. The molecule has 1 aromatic carbocycles. The van der Waals surface area contributed by atoms with E-state index in [4.69, 9.17) is 0 Å². The maximum Gasteiger partial charge on any atom is 0.253 e. The molecule has 1 aromatic heterocycles. The molecule has 1 aliphatic rings. The molecule has 2 aromatic rings. The standard InChI is InChI=1S/C20H29N5O/c1-23(2)14-16-13-22-25(15-16)19-9-5-4-8-18(19)20(26)21-11-10-17-7-6-12-24(17)3/h4-5,8-9,13,15,17H,6-7,10-12,14H2,1-3H3,(H,21,26). The maximum atomic E-state index is 12.7. The van der Waals surface area contributed by atoms with E-state index in [0.29, 0.717) is 18.2 Å². The molecule has 0 radical (unpaired) electrons. The molecule has 0 aliphatic carbocycles. The molecule has 0 saturated carbocycles. The Morgan fingerprint density at radius 3 is 2.88 bits per heavy atom. The van der Waals surface area contributed by atoms with Gasteiger partial charge >= 0.3 is 0 Å². The van der Waals surface area contributed by atoms with Gasteiger partial charge in [-0.1, -0.05) is 12.1 Å². The number of amides is 1. The van der Waals surface area contributed by atoms with Crippen molar-refractivity contribution >= 4 is 5.91 Å². The van der Waals surface area contributed by atoms with Gasteiger partial charge in [0, 0.05) is 30.9 Å². The minimum Gasteiger partial charge on any atom is -0.352 e. The summed E-state index contributed by atoms with van der Waals surface area (Å²) in [6.45, 7) is 2.69. The first kappa shape index (κ1) is 18.6. The molecule has 0 spiro atoms. The molecule has 2 heterocycles. The van der Waals surface area contributed by atoms with Gasteiger partial charge in [0.2, 0.25) is 0 Å². The van der Waals surface area contributed by atoms with Crippen LogP contribution < -0.4 is 5.32 Å². The second-order valence-corrected chi connectivity index (χ2v) is 7.37. The summed E-state index contributed by atoms with van der Waals surface area (Å²) in [5.41, 5.74) is 2.59. The van der Waals surface area contributed by atoms with E-state index < -0.39 is 0 Å². The van der Waals surface area contributed by atoms with Crippen LogP contribution in [0.25, 0.3) is 5.69 Å². The van der Waals surface area contributed by atoms with Gasteiger partial charge < -0.3 is 15.1 Å². The Kier molecular flexibility index (Phi) is 6.06. The number of hydrogen-bond donors (Lipinski definition) is 1. The largest absolute Gasteiger partial charge is 0.352 e. The molecule has 26 heavy (non-hydrogen) atoms. The molecule has 6 nitrogen and oxygen atoms in total. The summed E-state index contributed by atoms with van der Waals surface area (Å²) in [7, 11) is 6.22. The van der Waals surface area contributed by atoms with E-state index >= 15 is 0 Å². The molecular formula is C20H29N5O. The highest BCUT2D eigenvalue weighted by atomic mass is 16.1. The number of rotatable bonds is 7. The molecule has 3 rings (SSSR count). The third-order valence-corrected chi connectivity index (χ3v) is 4.96. The Morgan fingerprint density at radius 1 is 1.35 bits per heavy atom. The Bertz CT molecular complexity index is 739. The van der Waals surface area contributed by atoms with Crippen LogP contribution in [-0.4, -0.2) is 65.8 Å². The molecule has 140 valence electrons. The molecule has 6 heteroatoms. The third-order valence-electron chi connectivity index (χ3n) is 4.96. The number of carbonyl (C=O) groups excluding carboxylic acids is 1. The molecular weight excluding hydrogens is 326 g/mol. The van der Waals surface area contributed by atoms with Crippen LogP contribution in [0.4, 0.5) is 0 Å². The van der Waals surface area contributed by atoms with Crippen LogP contribution in [0.15, 0.2) is 36.7 Å². The van der Waals surface area contributed by atoms with Crippen molar-refractivity contribution in [2.75, 3.05) is 34.2 Å². The van der Waals surface area contributed by atoms with Crippen molar-refractivity contribution in [1.29, 1.82) is 0 Å². The topological polar surface area (TPSA) is 53.4 Å². The molecule has 0 bridgehead atoms. The highest BCUT2D eigenvalue weighted by molar-refractivity contribution is 5.97. The van der Waals surface area contributed by atoms with Crippen LogP contribution >= 0.6 is 0 Å². The molecule has 1 atom stereocenters. The monoisotopic (exact) mass is 355 g/mol. The van der Waals surface area contributed by atoms with Gasteiger partial charge in [0.05, 0.1) is 17.4 Å². The van der Waals surface area contributed by atoms with Crippen LogP contribution in [0, 0.1) is 0 Å². The van der Waals surface area contributed by atoms with Gasteiger partial charge in [-0.2, -0.15) is 5.10 Å². The molecule has 1 N–H and O–H groups in total. The fourth-order valence-electron chi connectivity index (χ4n) is 3.60. The number of aromatic nitrogens is 2. The van der Waals surface area contributed by atoms with E-state index in [2.05, 4.69) is 27.3 Å². The third kappa shape index (κ3) is 4.51. The maximum absolute atomic E-state index is 12.7. The van der Waals surface area contributed by atoms with Gasteiger partial charge in [0.25, 0.3) is 5.91 Å². The molecule has 1 fully saturated rings. The SMILES string of the molecule is CN(C)Cc1cnn(-c2ccccc2C(=O)NCCC2CCCN2C)c1. The second kappa shape index (κ2) is 8.47. The van der Waals surface area contributed by atoms with Crippen molar-refractivity contribution in [3.63, 3.8) is 0 Å². The Morgan fingerprint density at radius 2 is 2.15 bits per heavy atom. The summed E-state index contributed by atoms with van der Waals surface area (Å²) in [6.07, 6.45) is 7.32. The van der Waals surface area contributed by atoms with Gasteiger partial charge in [-0.25, -0.2) is 4.68 Å². The lowest BCUT2D eigenvalue weighted by Gasteiger charge is -2.19. The zero-order valence-electron chi connectivity index (χ0n) is 16.0. The molecule has 1 saturated heterocycles. The number of carbonyl (C=O) groups is 1. The first-order valence-electron chi connectivity index (χ1n) is 9.30. The van der Waals surface area contributed by atoms with Crippen molar-refractivity contribution in [2.24, 2.45) is 0 Å². The predicted molar refractivity (Wildman–Crippen MR) is 104 cm³/mol. The fraction of sp³-hybridized carbons (Fsp3) is 0.500. The normalized spacial score (nSPS) is 17.8. The minimum absolute atomic E-state index is 0.0362. The van der Waals surface area contributed by atoms with E-state index in [1.165, 1.54) is 12.8 Å². The van der Waals surface area contributed by atoms with Gasteiger partial charge in [-0.15, -0.1) is 0 Å². The van der Waals surface area contributed by atoms with Crippen molar-refractivity contribution in [2.45, 2.75) is 31.8 Å². The van der Waals surface area contributed by atoms with Gasteiger partial charge in [-0.05, 0) is 59.1 Å². The average molecular weight is 355 g/mol. The van der Waals surface area contributed by atoms with Crippen molar-refractivity contribution in [3.05, 3.63) is 47.8 Å². The van der Waals surface area contributed by atoms with E-state index in [9.17, 15) is 4.79 Å². The van der Waals surface area contributed by atoms with E-state index in [-0.39, 0.29) is 5.91 Å². The number of nitrogens with one attached hydrogen (secondary N) is 1. The van der Waals surface area contributed by atoms with Crippen LogP contribution in [0.5, 0.6) is 0 Å². The van der Waals surface area contributed by atoms with Crippen molar-refractivity contribution < 1.29 is 4.79 Å². The quantitative estimate of drug-likeness (QED) is 0.827. The van der Waals surface area contributed by atoms with Crippen LogP contribution in [0.1, 0.15) is 35.2 Å². The number of hydrogen-bond acceptors (Lipinski definition) is 4. The summed E-state index contributed by atoms with van der Waals surface area (Å²) in [4.78, 5) is 17.2. The first-order valence-corrected chi connectivity index (χ1v) is 9.30. The Balaban J connectivity index is 1.66. The highest BCUT2D eigenvalue weighted by Crippen LogP contribution is 2.18. The van der Waals surface area contributed by atoms with Gasteiger partial charge in [0.15, 0.2) is 0 Å². The summed E-state index contributed by atoms with van der Waals surface area (Å²) in [6, 6.07) is 8.22. The fourth-order valence-corrected chi connectivity index (χ4v) is 3.60. The lowest BCUT2D eigenvalue weighted by Crippen LogP contribution is -2.32. The first-order chi connectivity index (χ1) is 12.5. The minimum atomic E-state index is -0.0362. The van der Waals surface area contributed by atoms with Crippen molar-refractivity contribution in [1.82, 2.24) is 24.9 Å². The Labute approximate surface area is 155 Å². The summed E-state index contributed by atoms with van der Waals surface area (Å²) >= 11 is 0. The second-order valence-electron chi connectivity index (χ2n) is 7.37. The Hall–Kier alpha value is -2.18. The lowest BCUT2D eigenvalue weighted by molar-refractivity contribution is 0.0950. The van der Waals surface area contributed by atoms with Crippen molar-refractivity contribution in [3.8, 4) is 5.69 Å². The number of para-hydroxylation sites is 1. The highest BCUT2D eigenvalue weighted by Gasteiger charge is 2.21. The zero-order chi connectivity index (χ0) is 18.5. The number of nitrogens with zero attached hydrogens (tertiary/aromatic N) is 4. The molecule has 1 amide bonds. The van der Waals surface area contributed by atoms with E-state index in [0.717, 1.165) is 30.8 Å². The van der Waals surface area contributed by atoms with E-state index in [1.54, 1.807) is 4.68 Å². The summed E-state index contributed by atoms with van der Waals surface area (Å²) in [5, 5.41) is 7.52. The summed E-state index contributed by atoms with van der Waals surface area (Å²) in [5.74, 6) is -0.0362. The lowest BCUT2D eigenvalue weighted by atomic mass is 10.1. The summed E-state index contributed by atoms with van der Waals surface area (Å²) < 4.78 is 1.79.